The highest BCUT2D eigenvalue weighted by Gasteiger charge is 2.37. The van der Waals surface area contributed by atoms with Gasteiger partial charge in [-0.15, -0.1) is 11.3 Å². The van der Waals surface area contributed by atoms with Crippen molar-refractivity contribution in [3.8, 4) is 0 Å². The number of carbonyl (C=O) groups is 1. The monoisotopic (exact) mass is 373 g/mol. The van der Waals surface area contributed by atoms with E-state index in [4.69, 9.17) is 0 Å². The second-order valence-corrected chi connectivity index (χ2v) is 9.69. The molecule has 1 aromatic heterocycles. The number of aryl methyl sites for hydroxylation is 1. The maximum absolute atomic E-state index is 12.9. The van der Waals surface area contributed by atoms with Crippen molar-refractivity contribution in [1.82, 2.24) is 14.6 Å². The third-order valence-electron chi connectivity index (χ3n) is 4.25. The number of sulfonamides is 1. The minimum atomic E-state index is -3.29. The number of thiazole rings is 1. The molecular weight excluding hydrogens is 346 g/mol. The Bertz CT molecular complexity index is 697. The van der Waals surface area contributed by atoms with E-state index in [0.717, 1.165) is 23.5 Å². The molecular formula is C16H27N3O3S2. The van der Waals surface area contributed by atoms with Crippen LogP contribution in [0.3, 0.4) is 0 Å². The number of aromatic nitrogens is 1. The van der Waals surface area contributed by atoms with Crippen molar-refractivity contribution < 1.29 is 13.2 Å². The number of hydrogen-bond donors (Lipinski definition) is 1. The van der Waals surface area contributed by atoms with E-state index in [1.807, 2.05) is 6.92 Å². The van der Waals surface area contributed by atoms with Crippen molar-refractivity contribution in [2.24, 2.45) is 5.92 Å². The van der Waals surface area contributed by atoms with Gasteiger partial charge in [-0.2, -0.15) is 0 Å². The summed E-state index contributed by atoms with van der Waals surface area (Å²) in [5.41, 5.74) is 0.764. The molecule has 1 aliphatic heterocycles. The Morgan fingerprint density at radius 3 is 2.58 bits per heavy atom. The molecule has 0 radical (unpaired) electrons. The standard InChI is InChI=1S/C16H27N3O3S2/c1-6-7-12-8-19(9-13(12)18-24(5,21)22)16(20)14-11(4)17-15(23-14)10(2)3/h10,12-13,18H,6-9H2,1-5H3/t12-,13-/m1/s1. The van der Waals surface area contributed by atoms with Gasteiger partial charge >= 0.3 is 0 Å². The molecule has 0 spiro atoms. The first-order valence-corrected chi connectivity index (χ1v) is 11.1. The fourth-order valence-electron chi connectivity index (χ4n) is 3.12. The van der Waals surface area contributed by atoms with Crippen molar-refractivity contribution in [1.29, 1.82) is 0 Å². The van der Waals surface area contributed by atoms with Crippen LogP contribution in [-0.4, -0.2) is 49.6 Å². The highest BCUT2D eigenvalue weighted by molar-refractivity contribution is 7.88. The molecule has 1 N–H and O–H groups in total. The molecule has 136 valence electrons. The number of likely N-dealkylation sites (tertiary alicyclic amines) is 1. The molecule has 1 amide bonds. The van der Waals surface area contributed by atoms with E-state index < -0.39 is 10.0 Å². The molecule has 2 rings (SSSR count). The average molecular weight is 374 g/mol. The van der Waals surface area contributed by atoms with Crippen LogP contribution < -0.4 is 4.72 Å². The molecule has 2 atom stereocenters. The highest BCUT2D eigenvalue weighted by atomic mass is 32.2. The van der Waals surface area contributed by atoms with Crippen molar-refractivity contribution in [2.45, 2.75) is 52.5 Å². The van der Waals surface area contributed by atoms with E-state index in [1.54, 1.807) is 4.90 Å². The summed E-state index contributed by atoms with van der Waals surface area (Å²) in [6.45, 7) is 9.07. The van der Waals surface area contributed by atoms with Gasteiger partial charge in [-0.3, -0.25) is 4.79 Å². The topological polar surface area (TPSA) is 79.4 Å². The lowest BCUT2D eigenvalue weighted by atomic mass is 9.99. The first-order valence-electron chi connectivity index (χ1n) is 8.36. The Morgan fingerprint density at radius 2 is 2.08 bits per heavy atom. The molecule has 1 aliphatic rings. The van der Waals surface area contributed by atoms with Gasteiger partial charge in [-0.05, 0) is 19.3 Å². The first kappa shape index (κ1) is 19.3. The van der Waals surface area contributed by atoms with Crippen LogP contribution in [-0.2, 0) is 10.0 Å². The van der Waals surface area contributed by atoms with Gasteiger partial charge in [0.1, 0.15) is 4.88 Å². The number of amides is 1. The summed E-state index contributed by atoms with van der Waals surface area (Å²) in [4.78, 5) is 19.8. The Kier molecular flexibility index (Phi) is 6.04. The number of nitrogens with zero attached hydrogens (tertiary/aromatic N) is 2. The molecule has 0 aliphatic carbocycles. The highest BCUT2D eigenvalue weighted by Crippen LogP contribution is 2.29. The van der Waals surface area contributed by atoms with Crippen LogP contribution in [0.5, 0.6) is 0 Å². The minimum Gasteiger partial charge on any atom is -0.336 e. The van der Waals surface area contributed by atoms with Crippen molar-refractivity contribution in [3.05, 3.63) is 15.6 Å². The SMILES string of the molecule is CCC[C@@H]1CN(C(=O)c2sc(C(C)C)nc2C)C[C@H]1NS(C)(=O)=O. The molecule has 0 bridgehead atoms. The number of nitrogens with one attached hydrogen (secondary N) is 1. The van der Waals surface area contributed by atoms with Gasteiger partial charge in [0, 0.05) is 25.0 Å². The average Bonchev–Trinajstić information content (AvgIpc) is 3.01. The smallest absolute Gasteiger partial charge is 0.265 e. The molecule has 2 heterocycles. The van der Waals surface area contributed by atoms with Gasteiger partial charge in [0.2, 0.25) is 10.0 Å². The molecule has 6 nitrogen and oxygen atoms in total. The summed E-state index contributed by atoms with van der Waals surface area (Å²) in [6, 6.07) is -0.207. The second kappa shape index (κ2) is 7.49. The van der Waals surface area contributed by atoms with Gasteiger partial charge in [0.15, 0.2) is 0 Å². The van der Waals surface area contributed by atoms with Gasteiger partial charge in [0.05, 0.1) is 17.0 Å². The van der Waals surface area contributed by atoms with E-state index in [1.165, 1.54) is 17.6 Å². The quantitative estimate of drug-likeness (QED) is 0.830. The normalized spacial score (nSPS) is 21.7. The van der Waals surface area contributed by atoms with Gasteiger partial charge < -0.3 is 4.90 Å². The molecule has 1 saturated heterocycles. The zero-order valence-corrected chi connectivity index (χ0v) is 16.6. The van der Waals surface area contributed by atoms with Crippen LogP contribution in [0.4, 0.5) is 0 Å². The summed E-state index contributed by atoms with van der Waals surface area (Å²) < 4.78 is 25.9. The molecule has 1 fully saturated rings. The van der Waals surface area contributed by atoms with E-state index in [-0.39, 0.29) is 17.9 Å². The fraction of sp³-hybridized carbons (Fsp3) is 0.750. The molecule has 0 saturated carbocycles. The van der Waals surface area contributed by atoms with Crippen LogP contribution >= 0.6 is 11.3 Å². The lowest BCUT2D eigenvalue weighted by Gasteiger charge is -2.17. The van der Waals surface area contributed by atoms with E-state index in [0.29, 0.717) is 23.9 Å². The molecule has 1 aromatic rings. The van der Waals surface area contributed by atoms with E-state index in [2.05, 4.69) is 30.5 Å². The maximum atomic E-state index is 12.9. The lowest BCUT2D eigenvalue weighted by molar-refractivity contribution is 0.0789. The van der Waals surface area contributed by atoms with Gasteiger partial charge in [-0.25, -0.2) is 18.1 Å². The van der Waals surface area contributed by atoms with Crippen LogP contribution in [0.1, 0.15) is 59.9 Å². The summed E-state index contributed by atoms with van der Waals surface area (Å²) in [7, 11) is -3.29. The maximum Gasteiger partial charge on any atom is 0.265 e. The second-order valence-electron chi connectivity index (χ2n) is 6.88. The van der Waals surface area contributed by atoms with Crippen molar-refractivity contribution in [3.63, 3.8) is 0 Å². The molecule has 0 unspecified atom stereocenters. The van der Waals surface area contributed by atoms with Gasteiger partial charge in [0.25, 0.3) is 5.91 Å². The predicted molar refractivity (Wildman–Crippen MR) is 97.0 cm³/mol. The summed E-state index contributed by atoms with van der Waals surface area (Å²) >= 11 is 1.45. The largest absolute Gasteiger partial charge is 0.336 e. The third kappa shape index (κ3) is 4.55. The predicted octanol–water partition coefficient (Wildman–Crippen LogP) is 2.36. The Hall–Kier alpha value is -0.990. The van der Waals surface area contributed by atoms with Crippen LogP contribution in [0.2, 0.25) is 0 Å². The number of hydrogen-bond acceptors (Lipinski definition) is 5. The van der Waals surface area contributed by atoms with E-state index >= 15 is 0 Å². The lowest BCUT2D eigenvalue weighted by Crippen LogP contribution is -2.40. The number of rotatable bonds is 6. The number of carbonyl (C=O) groups excluding carboxylic acids is 1. The Morgan fingerprint density at radius 1 is 1.42 bits per heavy atom. The summed E-state index contributed by atoms with van der Waals surface area (Å²) in [5.74, 6) is 0.420. The van der Waals surface area contributed by atoms with Crippen LogP contribution in [0.15, 0.2) is 0 Å². The molecule has 8 heteroatoms. The van der Waals surface area contributed by atoms with Crippen LogP contribution in [0, 0.1) is 12.8 Å². The first-order chi connectivity index (χ1) is 11.1. The Labute approximate surface area is 148 Å². The third-order valence-corrected chi connectivity index (χ3v) is 6.43. The minimum absolute atomic E-state index is 0.0317. The molecule has 24 heavy (non-hydrogen) atoms. The van der Waals surface area contributed by atoms with Crippen molar-refractivity contribution in [2.75, 3.05) is 19.3 Å². The summed E-state index contributed by atoms with van der Waals surface area (Å²) in [5, 5.41) is 0.964. The van der Waals surface area contributed by atoms with Crippen LogP contribution in [0.25, 0.3) is 0 Å². The Balaban J connectivity index is 2.18. The molecule has 0 aromatic carbocycles. The zero-order chi connectivity index (χ0) is 18.1. The van der Waals surface area contributed by atoms with E-state index in [9.17, 15) is 13.2 Å². The summed E-state index contributed by atoms with van der Waals surface area (Å²) in [6.07, 6.45) is 3.03. The zero-order valence-electron chi connectivity index (χ0n) is 15.0. The fourth-order valence-corrected chi connectivity index (χ4v) is 4.97. The van der Waals surface area contributed by atoms with Crippen molar-refractivity contribution >= 4 is 27.3 Å². The van der Waals surface area contributed by atoms with Gasteiger partial charge in [-0.1, -0.05) is 27.2 Å².